The van der Waals surface area contributed by atoms with E-state index in [-0.39, 0.29) is 5.60 Å². The van der Waals surface area contributed by atoms with E-state index in [4.69, 9.17) is 4.74 Å². The SMILES string of the molecule is C[C@@H](NCC1CCC(C)(C)O1)c1ccc(Br)cc1. The van der Waals surface area contributed by atoms with Gasteiger partial charge in [0.05, 0.1) is 11.7 Å². The van der Waals surface area contributed by atoms with Crippen molar-refractivity contribution in [3.63, 3.8) is 0 Å². The monoisotopic (exact) mass is 311 g/mol. The van der Waals surface area contributed by atoms with E-state index in [1.54, 1.807) is 0 Å². The van der Waals surface area contributed by atoms with Gasteiger partial charge in [0.15, 0.2) is 0 Å². The molecular formula is C15H22BrNO. The third-order valence-corrected chi connectivity index (χ3v) is 4.10. The molecule has 0 radical (unpaired) electrons. The van der Waals surface area contributed by atoms with Crippen LogP contribution in [0, 0.1) is 0 Å². The zero-order chi connectivity index (χ0) is 13.2. The predicted molar refractivity (Wildman–Crippen MR) is 78.7 cm³/mol. The third-order valence-electron chi connectivity index (χ3n) is 3.58. The van der Waals surface area contributed by atoms with Crippen LogP contribution in [-0.4, -0.2) is 18.2 Å². The van der Waals surface area contributed by atoms with Crippen LogP contribution in [0.25, 0.3) is 0 Å². The first-order valence-electron chi connectivity index (χ1n) is 6.63. The minimum atomic E-state index is 0.0627. The Hall–Kier alpha value is -0.380. The number of hydrogen-bond donors (Lipinski definition) is 1. The Kier molecular flexibility index (Phi) is 4.46. The Morgan fingerprint density at radius 2 is 2.06 bits per heavy atom. The van der Waals surface area contributed by atoms with Gasteiger partial charge in [0.25, 0.3) is 0 Å². The average Bonchev–Trinajstić information content (AvgIpc) is 2.67. The van der Waals surface area contributed by atoms with Crippen molar-refractivity contribution >= 4 is 15.9 Å². The van der Waals surface area contributed by atoms with Crippen molar-refractivity contribution in [3.05, 3.63) is 34.3 Å². The van der Waals surface area contributed by atoms with Crippen LogP contribution in [0.5, 0.6) is 0 Å². The highest BCUT2D eigenvalue weighted by Crippen LogP contribution is 2.29. The summed E-state index contributed by atoms with van der Waals surface area (Å²) in [6, 6.07) is 8.85. The smallest absolute Gasteiger partial charge is 0.0708 e. The van der Waals surface area contributed by atoms with Crippen molar-refractivity contribution in [1.82, 2.24) is 5.32 Å². The molecule has 2 atom stereocenters. The van der Waals surface area contributed by atoms with Crippen molar-refractivity contribution in [3.8, 4) is 0 Å². The maximum atomic E-state index is 5.98. The fraction of sp³-hybridized carbons (Fsp3) is 0.600. The molecule has 1 N–H and O–H groups in total. The lowest BCUT2D eigenvalue weighted by molar-refractivity contribution is -0.0150. The highest BCUT2D eigenvalue weighted by molar-refractivity contribution is 9.10. The lowest BCUT2D eigenvalue weighted by atomic mass is 10.1. The molecule has 1 aliphatic rings. The van der Waals surface area contributed by atoms with E-state index in [0.717, 1.165) is 23.9 Å². The molecule has 0 saturated carbocycles. The van der Waals surface area contributed by atoms with Gasteiger partial charge in [-0.15, -0.1) is 0 Å². The average molecular weight is 312 g/mol. The van der Waals surface area contributed by atoms with Crippen molar-refractivity contribution in [1.29, 1.82) is 0 Å². The maximum Gasteiger partial charge on any atom is 0.0708 e. The summed E-state index contributed by atoms with van der Waals surface area (Å²) in [5.74, 6) is 0. The normalized spacial score (nSPS) is 24.1. The van der Waals surface area contributed by atoms with Crippen LogP contribution in [0.2, 0.25) is 0 Å². The number of rotatable bonds is 4. The second-order valence-electron chi connectivity index (χ2n) is 5.72. The fourth-order valence-corrected chi connectivity index (χ4v) is 2.66. The Labute approximate surface area is 118 Å². The standard InChI is InChI=1S/C15H22BrNO/c1-11(12-4-6-13(16)7-5-12)17-10-14-8-9-15(2,3)18-14/h4-7,11,14,17H,8-10H2,1-3H3/t11-,14?/m1/s1. The summed E-state index contributed by atoms with van der Waals surface area (Å²) in [4.78, 5) is 0. The summed E-state index contributed by atoms with van der Waals surface area (Å²) in [5.41, 5.74) is 1.38. The van der Waals surface area contributed by atoms with Crippen LogP contribution in [0.4, 0.5) is 0 Å². The van der Waals surface area contributed by atoms with E-state index < -0.39 is 0 Å². The molecule has 1 aromatic rings. The van der Waals surface area contributed by atoms with Gasteiger partial charge >= 0.3 is 0 Å². The van der Waals surface area contributed by atoms with Gasteiger partial charge in [0.1, 0.15) is 0 Å². The molecule has 18 heavy (non-hydrogen) atoms. The van der Waals surface area contributed by atoms with E-state index in [2.05, 4.69) is 66.3 Å². The van der Waals surface area contributed by atoms with E-state index in [1.807, 2.05) is 0 Å². The molecule has 2 nitrogen and oxygen atoms in total. The number of hydrogen-bond acceptors (Lipinski definition) is 2. The molecule has 1 fully saturated rings. The zero-order valence-corrected chi connectivity index (χ0v) is 13.0. The Bertz CT molecular complexity index is 388. The lowest BCUT2D eigenvalue weighted by Gasteiger charge is -2.21. The van der Waals surface area contributed by atoms with Crippen molar-refractivity contribution in [2.45, 2.75) is 51.4 Å². The number of ether oxygens (including phenoxy) is 1. The van der Waals surface area contributed by atoms with Crippen LogP contribution in [-0.2, 0) is 4.74 Å². The molecule has 0 bridgehead atoms. The topological polar surface area (TPSA) is 21.3 Å². The molecule has 100 valence electrons. The molecule has 0 amide bonds. The molecule has 1 unspecified atom stereocenters. The number of benzene rings is 1. The molecule has 1 heterocycles. The van der Waals surface area contributed by atoms with Gasteiger partial charge in [-0.05, 0) is 51.3 Å². The van der Waals surface area contributed by atoms with Gasteiger partial charge in [0.2, 0.25) is 0 Å². The Morgan fingerprint density at radius 1 is 1.39 bits per heavy atom. The van der Waals surface area contributed by atoms with Gasteiger partial charge in [0, 0.05) is 17.1 Å². The number of halogens is 1. The minimum absolute atomic E-state index is 0.0627. The number of nitrogens with one attached hydrogen (secondary N) is 1. The highest BCUT2D eigenvalue weighted by atomic mass is 79.9. The molecule has 0 aliphatic carbocycles. The second-order valence-corrected chi connectivity index (χ2v) is 6.64. The van der Waals surface area contributed by atoms with Gasteiger partial charge in [-0.2, -0.15) is 0 Å². The van der Waals surface area contributed by atoms with Gasteiger partial charge in [-0.25, -0.2) is 0 Å². The maximum absolute atomic E-state index is 5.98. The van der Waals surface area contributed by atoms with Crippen LogP contribution in [0.15, 0.2) is 28.7 Å². The molecule has 0 aromatic heterocycles. The first kappa shape index (κ1) is 14.0. The first-order valence-corrected chi connectivity index (χ1v) is 7.42. The molecular weight excluding hydrogens is 290 g/mol. The Balaban J connectivity index is 1.82. The molecule has 1 aliphatic heterocycles. The molecule has 3 heteroatoms. The molecule has 1 aromatic carbocycles. The molecule has 0 spiro atoms. The van der Waals surface area contributed by atoms with Crippen LogP contribution in [0.1, 0.15) is 45.2 Å². The summed E-state index contributed by atoms with van der Waals surface area (Å²) in [5, 5.41) is 3.56. The van der Waals surface area contributed by atoms with Crippen molar-refractivity contribution < 1.29 is 4.74 Å². The zero-order valence-electron chi connectivity index (χ0n) is 11.4. The first-order chi connectivity index (χ1) is 8.46. The Morgan fingerprint density at radius 3 is 2.61 bits per heavy atom. The van der Waals surface area contributed by atoms with E-state index >= 15 is 0 Å². The summed E-state index contributed by atoms with van der Waals surface area (Å²) in [6.45, 7) is 7.47. The van der Waals surface area contributed by atoms with Crippen LogP contribution in [0.3, 0.4) is 0 Å². The van der Waals surface area contributed by atoms with Gasteiger partial charge in [-0.1, -0.05) is 28.1 Å². The second kappa shape index (κ2) is 5.72. The van der Waals surface area contributed by atoms with Crippen molar-refractivity contribution in [2.24, 2.45) is 0 Å². The predicted octanol–water partition coefficient (Wildman–Crippen LogP) is 4.06. The summed E-state index contributed by atoms with van der Waals surface area (Å²) in [7, 11) is 0. The lowest BCUT2D eigenvalue weighted by Crippen LogP contribution is -2.31. The van der Waals surface area contributed by atoms with Crippen molar-refractivity contribution in [2.75, 3.05) is 6.54 Å². The largest absolute Gasteiger partial charge is 0.371 e. The summed E-state index contributed by atoms with van der Waals surface area (Å²) in [6.07, 6.45) is 2.68. The fourth-order valence-electron chi connectivity index (χ4n) is 2.40. The molecule has 1 saturated heterocycles. The highest BCUT2D eigenvalue weighted by Gasteiger charge is 2.31. The van der Waals surface area contributed by atoms with Crippen LogP contribution < -0.4 is 5.32 Å². The van der Waals surface area contributed by atoms with Gasteiger partial charge in [-0.3, -0.25) is 0 Å². The van der Waals surface area contributed by atoms with Gasteiger partial charge < -0.3 is 10.1 Å². The summed E-state index contributed by atoms with van der Waals surface area (Å²) >= 11 is 3.46. The van der Waals surface area contributed by atoms with E-state index in [0.29, 0.717) is 12.1 Å². The quantitative estimate of drug-likeness (QED) is 0.905. The van der Waals surface area contributed by atoms with E-state index in [1.165, 1.54) is 5.56 Å². The summed E-state index contributed by atoms with van der Waals surface area (Å²) < 4.78 is 7.11. The molecule has 2 rings (SSSR count). The minimum Gasteiger partial charge on any atom is -0.371 e. The third kappa shape index (κ3) is 3.81. The van der Waals surface area contributed by atoms with Crippen LogP contribution >= 0.6 is 15.9 Å². The van der Waals surface area contributed by atoms with E-state index in [9.17, 15) is 0 Å².